The van der Waals surface area contributed by atoms with Crippen molar-refractivity contribution in [3.8, 4) is 11.3 Å². The Morgan fingerprint density at radius 1 is 1.28 bits per heavy atom. The summed E-state index contributed by atoms with van der Waals surface area (Å²) in [6.07, 6.45) is 11.3. The van der Waals surface area contributed by atoms with E-state index in [-0.39, 0.29) is 11.7 Å². The number of Topliss-reactive ketones (excluding diaryl/α,β-unsaturated/α-hetero) is 1. The maximum atomic E-state index is 12.3. The number of ketones is 1. The van der Waals surface area contributed by atoms with Crippen LogP contribution in [0.4, 0.5) is 0 Å². The first-order chi connectivity index (χ1) is 12.1. The summed E-state index contributed by atoms with van der Waals surface area (Å²) in [6, 6.07) is 6.57. The van der Waals surface area contributed by atoms with E-state index in [2.05, 4.69) is 47.2 Å². The van der Waals surface area contributed by atoms with Crippen molar-refractivity contribution in [2.75, 3.05) is 0 Å². The first-order valence-corrected chi connectivity index (χ1v) is 9.23. The van der Waals surface area contributed by atoms with Gasteiger partial charge in [-0.2, -0.15) is 0 Å². The molecule has 0 amide bonds. The van der Waals surface area contributed by atoms with Gasteiger partial charge in [-0.1, -0.05) is 37.6 Å². The molecule has 1 aromatic carbocycles. The van der Waals surface area contributed by atoms with Crippen molar-refractivity contribution < 1.29 is 4.79 Å². The fraction of sp³-hybridized carbons (Fsp3) is 0.409. The van der Waals surface area contributed by atoms with Gasteiger partial charge in [0, 0.05) is 22.7 Å². The number of hydrogen-bond donors (Lipinski definition) is 0. The lowest BCUT2D eigenvalue weighted by Crippen LogP contribution is -2.13. The summed E-state index contributed by atoms with van der Waals surface area (Å²) in [6.45, 7) is 5.77. The van der Waals surface area contributed by atoms with Gasteiger partial charge in [0.15, 0.2) is 0 Å². The summed E-state index contributed by atoms with van der Waals surface area (Å²) in [5.74, 6) is 0.0613. The Morgan fingerprint density at radius 3 is 2.88 bits per heavy atom. The minimum atomic E-state index is -0.129. The molecule has 0 spiro atoms. The van der Waals surface area contributed by atoms with Crippen LogP contribution in [0.1, 0.15) is 67.8 Å². The largest absolute Gasteiger partial charge is 0.299 e. The average molecular weight is 334 g/mol. The lowest BCUT2D eigenvalue weighted by molar-refractivity contribution is -0.118. The van der Waals surface area contributed by atoms with Crippen molar-refractivity contribution in [1.82, 2.24) is 9.97 Å². The molecule has 1 atom stereocenters. The molecule has 0 bridgehead atoms. The zero-order valence-corrected chi connectivity index (χ0v) is 15.4. The Bertz CT molecular complexity index is 808. The van der Waals surface area contributed by atoms with Crippen LogP contribution in [0.2, 0.25) is 0 Å². The predicted molar refractivity (Wildman–Crippen MR) is 103 cm³/mol. The zero-order chi connectivity index (χ0) is 17.8. The van der Waals surface area contributed by atoms with E-state index in [1.807, 2.05) is 6.92 Å². The first kappa shape index (κ1) is 17.5. The van der Waals surface area contributed by atoms with Gasteiger partial charge in [-0.25, -0.2) is 9.97 Å². The zero-order valence-electron chi connectivity index (χ0n) is 15.4. The maximum absolute atomic E-state index is 12.3. The smallest absolute Gasteiger partial charge is 0.137 e. The van der Waals surface area contributed by atoms with Crippen LogP contribution in [0.5, 0.6) is 0 Å². The van der Waals surface area contributed by atoms with Gasteiger partial charge >= 0.3 is 0 Å². The molecule has 0 radical (unpaired) electrons. The van der Waals surface area contributed by atoms with Crippen LogP contribution in [0, 0.1) is 6.92 Å². The molecule has 0 saturated heterocycles. The van der Waals surface area contributed by atoms with Gasteiger partial charge in [0.05, 0.1) is 5.69 Å². The third kappa shape index (κ3) is 3.71. The number of aromatic nitrogens is 2. The summed E-state index contributed by atoms with van der Waals surface area (Å²) >= 11 is 0. The van der Waals surface area contributed by atoms with Crippen molar-refractivity contribution in [1.29, 1.82) is 0 Å². The summed E-state index contributed by atoms with van der Waals surface area (Å²) in [7, 11) is 0. The molecule has 1 aliphatic rings. The van der Waals surface area contributed by atoms with Crippen molar-refractivity contribution >= 4 is 11.9 Å². The second-order valence-corrected chi connectivity index (χ2v) is 6.88. The van der Waals surface area contributed by atoms with Gasteiger partial charge in [-0.3, -0.25) is 4.79 Å². The molecule has 0 aliphatic heterocycles. The number of nitrogens with zero attached hydrogens (tertiary/aromatic N) is 2. The van der Waals surface area contributed by atoms with Crippen molar-refractivity contribution in [2.45, 2.75) is 58.8 Å². The fourth-order valence-corrected chi connectivity index (χ4v) is 3.72. The van der Waals surface area contributed by atoms with E-state index in [1.54, 1.807) is 13.3 Å². The predicted octanol–water partition coefficient (Wildman–Crippen LogP) is 5.27. The number of benzene rings is 1. The number of carbonyl (C=O) groups excluding carboxylic acids is 1. The molecule has 3 rings (SSSR count). The highest BCUT2D eigenvalue weighted by atomic mass is 16.1. The Hall–Kier alpha value is -2.29. The van der Waals surface area contributed by atoms with Crippen LogP contribution < -0.4 is 0 Å². The minimum absolute atomic E-state index is 0.129. The molecule has 0 fully saturated rings. The van der Waals surface area contributed by atoms with E-state index in [0.717, 1.165) is 48.2 Å². The molecule has 3 nitrogen and oxygen atoms in total. The first-order valence-electron chi connectivity index (χ1n) is 9.23. The highest BCUT2D eigenvalue weighted by Crippen LogP contribution is 2.34. The monoisotopic (exact) mass is 334 g/mol. The molecule has 2 aromatic rings. The summed E-state index contributed by atoms with van der Waals surface area (Å²) in [4.78, 5) is 21.2. The molecule has 130 valence electrons. The molecule has 25 heavy (non-hydrogen) atoms. The highest BCUT2D eigenvalue weighted by molar-refractivity contribution is 5.86. The van der Waals surface area contributed by atoms with E-state index in [9.17, 15) is 4.79 Å². The molecular formula is C22H26N2O. The topological polar surface area (TPSA) is 42.9 Å². The highest BCUT2D eigenvalue weighted by Gasteiger charge is 2.24. The summed E-state index contributed by atoms with van der Waals surface area (Å²) < 4.78 is 0. The lowest BCUT2D eigenvalue weighted by Gasteiger charge is -2.19. The normalized spacial score (nSPS) is 14.7. The van der Waals surface area contributed by atoms with Crippen LogP contribution in [0.25, 0.3) is 17.3 Å². The number of rotatable bonds is 5. The van der Waals surface area contributed by atoms with E-state index < -0.39 is 0 Å². The Balaban J connectivity index is 2.13. The van der Waals surface area contributed by atoms with Gasteiger partial charge in [0.25, 0.3) is 0 Å². The van der Waals surface area contributed by atoms with Crippen molar-refractivity contribution in [2.24, 2.45) is 0 Å². The summed E-state index contributed by atoms with van der Waals surface area (Å²) in [5, 5.41) is 0. The Labute approximate surface area is 150 Å². The molecule has 1 unspecified atom stereocenters. The molecule has 3 heteroatoms. The second-order valence-electron chi connectivity index (χ2n) is 6.88. The Kier molecular flexibility index (Phi) is 5.42. The van der Waals surface area contributed by atoms with Gasteiger partial charge in [0.1, 0.15) is 12.1 Å². The fourth-order valence-electron chi connectivity index (χ4n) is 3.72. The van der Waals surface area contributed by atoms with E-state index in [4.69, 9.17) is 0 Å². The molecular weight excluding hydrogens is 308 g/mol. The number of fused-ring (bicyclic) bond motifs is 1. The molecule has 0 N–H and O–H groups in total. The SMILES string of the molecule is CCCC(C(C)=O)c1c(C)ncnc1-c1ccc2c(c1)C=CCCC2. The molecule has 1 heterocycles. The van der Waals surface area contributed by atoms with Crippen molar-refractivity contribution in [3.05, 3.63) is 53.0 Å². The van der Waals surface area contributed by atoms with Crippen LogP contribution in [0.3, 0.4) is 0 Å². The minimum Gasteiger partial charge on any atom is -0.299 e. The van der Waals surface area contributed by atoms with Gasteiger partial charge in [-0.05, 0) is 56.7 Å². The molecule has 1 aliphatic carbocycles. The molecule has 1 aromatic heterocycles. The third-order valence-corrected chi connectivity index (χ3v) is 5.03. The summed E-state index contributed by atoms with van der Waals surface area (Å²) in [5.41, 5.74) is 6.54. The third-order valence-electron chi connectivity index (χ3n) is 5.03. The lowest BCUT2D eigenvalue weighted by atomic mass is 9.86. The van der Waals surface area contributed by atoms with Gasteiger partial charge in [0.2, 0.25) is 0 Å². The number of carbonyl (C=O) groups is 1. The second kappa shape index (κ2) is 7.73. The quantitative estimate of drug-likeness (QED) is 0.747. The van der Waals surface area contributed by atoms with Gasteiger partial charge < -0.3 is 0 Å². The number of hydrogen-bond acceptors (Lipinski definition) is 3. The average Bonchev–Trinajstić information content (AvgIpc) is 2.84. The molecule has 0 saturated carbocycles. The standard InChI is InChI=1S/C22H26N2O/c1-4-8-20(16(3)25)21-15(2)23-14-24-22(21)19-12-11-17-9-6-5-7-10-18(17)13-19/h7,10-14,20H,4-6,8-9H2,1-3H3. The maximum Gasteiger partial charge on any atom is 0.137 e. The number of aryl methyl sites for hydroxylation is 2. The van der Waals surface area contributed by atoms with Crippen LogP contribution >= 0.6 is 0 Å². The van der Waals surface area contributed by atoms with E-state index >= 15 is 0 Å². The van der Waals surface area contributed by atoms with Crippen LogP contribution in [-0.4, -0.2) is 15.8 Å². The number of allylic oxidation sites excluding steroid dienone is 1. The van der Waals surface area contributed by atoms with Crippen molar-refractivity contribution in [3.63, 3.8) is 0 Å². The van der Waals surface area contributed by atoms with Gasteiger partial charge in [-0.15, -0.1) is 0 Å². The van der Waals surface area contributed by atoms with Crippen LogP contribution in [-0.2, 0) is 11.2 Å². The van der Waals surface area contributed by atoms with E-state index in [1.165, 1.54) is 17.5 Å². The van der Waals surface area contributed by atoms with Crippen LogP contribution in [0.15, 0.2) is 30.6 Å². The van der Waals surface area contributed by atoms with E-state index in [0.29, 0.717) is 0 Å². The Morgan fingerprint density at radius 2 is 2.12 bits per heavy atom.